The average molecular weight is 442 g/mol. The lowest BCUT2D eigenvalue weighted by Crippen LogP contribution is -2.36. The van der Waals surface area contributed by atoms with E-state index in [-0.39, 0.29) is 29.8 Å². The third-order valence-electron chi connectivity index (χ3n) is 5.54. The van der Waals surface area contributed by atoms with E-state index < -0.39 is 29.3 Å². The summed E-state index contributed by atoms with van der Waals surface area (Å²) in [7, 11) is 0. The molecule has 31 heavy (non-hydrogen) atoms. The number of halogens is 5. The predicted molar refractivity (Wildman–Crippen MR) is 104 cm³/mol. The van der Waals surface area contributed by atoms with E-state index in [0.717, 1.165) is 31.7 Å². The lowest BCUT2D eigenvalue weighted by atomic mass is 9.86. The van der Waals surface area contributed by atoms with Crippen LogP contribution in [-0.4, -0.2) is 23.6 Å². The molecule has 3 N–H and O–H groups in total. The van der Waals surface area contributed by atoms with E-state index in [2.05, 4.69) is 10.6 Å². The van der Waals surface area contributed by atoms with Gasteiger partial charge in [-0.15, -0.1) is 0 Å². The van der Waals surface area contributed by atoms with Gasteiger partial charge in [0.05, 0.1) is 5.56 Å². The summed E-state index contributed by atoms with van der Waals surface area (Å²) < 4.78 is 65.3. The third-order valence-corrected chi connectivity index (χ3v) is 5.54. The number of hydrogen-bond donors (Lipinski definition) is 3. The maximum Gasteiger partial charge on any atom is 0.416 e. The van der Waals surface area contributed by atoms with Crippen LogP contribution >= 0.6 is 0 Å². The number of phenolic OH excluding ortho intramolecular Hbond substituents is 1. The second-order valence-corrected chi connectivity index (χ2v) is 7.78. The zero-order chi connectivity index (χ0) is 22.6. The quantitative estimate of drug-likeness (QED) is 0.565. The van der Waals surface area contributed by atoms with Gasteiger partial charge in [-0.25, -0.2) is 8.78 Å². The van der Waals surface area contributed by atoms with Crippen LogP contribution in [0, 0.1) is 17.6 Å². The molecular weight excluding hydrogens is 419 g/mol. The minimum Gasteiger partial charge on any atom is -0.505 e. The van der Waals surface area contributed by atoms with Crippen LogP contribution in [0.2, 0.25) is 0 Å². The van der Waals surface area contributed by atoms with Gasteiger partial charge in [-0.1, -0.05) is 12.1 Å². The van der Waals surface area contributed by atoms with Crippen LogP contribution in [0.5, 0.6) is 5.75 Å². The largest absolute Gasteiger partial charge is 0.505 e. The summed E-state index contributed by atoms with van der Waals surface area (Å²) in [5.74, 6) is -2.74. The Kier molecular flexibility index (Phi) is 7.15. The van der Waals surface area contributed by atoms with Crippen molar-refractivity contribution in [3.63, 3.8) is 0 Å². The van der Waals surface area contributed by atoms with E-state index in [9.17, 15) is 31.9 Å². The van der Waals surface area contributed by atoms with Crippen LogP contribution in [0.4, 0.5) is 22.0 Å². The van der Waals surface area contributed by atoms with Gasteiger partial charge < -0.3 is 15.7 Å². The molecule has 1 saturated carbocycles. The van der Waals surface area contributed by atoms with Crippen LogP contribution in [0.1, 0.15) is 47.2 Å². The lowest BCUT2D eigenvalue weighted by molar-refractivity contribution is -0.137. The molecule has 0 atom stereocenters. The van der Waals surface area contributed by atoms with E-state index >= 15 is 0 Å². The molecule has 0 spiro atoms. The highest BCUT2D eigenvalue weighted by Crippen LogP contribution is 2.30. The fourth-order valence-corrected chi connectivity index (χ4v) is 3.75. The molecule has 168 valence electrons. The molecule has 0 bridgehead atoms. The SMILES string of the molecule is O=C(NCC1CCC(NCc2cccc(F)c2O)CC1)c1cc(F)cc(C(F)(F)F)c1. The molecule has 0 aromatic heterocycles. The fraction of sp³-hybridized carbons (Fsp3) is 0.409. The van der Waals surface area contributed by atoms with Gasteiger partial charge in [0.25, 0.3) is 5.91 Å². The molecule has 0 aliphatic heterocycles. The highest BCUT2D eigenvalue weighted by molar-refractivity contribution is 5.94. The molecule has 1 amide bonds. The number of aromatic hydroxyl groups is 1. The summed E-state index contributed by atoms with van der Waals surface area (Å²) in [4.78, 5) is 12.2. The monoisotopic (exact) mass is 442 g/mol. The van der Waals surface area contributed by atoms with E-state index in [4.69, 9.17) is 0 Å². The van der Waals surface area contributed by atoms with E-state index in [1.807, 2.05) is 0 Å². The minimum atomic E-state index is -4.73. The second kappa shape index (κ2) is 9.64. The summed E-state index contributed by atoms with van der Waals surface area (Å²) in [6.45, 7) is 0.616. The van der Waals surface area contributed by atoms with E-state index in [1.54, 1.807) is 6.07 Å². The Hall–Kier alpha value is -2.68. The minimum absolute atomic E-state index is 0.153. The Bertz CT molecular complexity index is 925. The van der Waals surface area contributed by atoms with Crippen LogP contribution in [-0.2, 0) is 12.7 Å². The van der Waals surface area contributed by atoms with Crippen LogP contribution in [0.25, 0.3) is 0 Å². The molecule has 1 aliphatic carbocycles. The first-order chi connectivity index (χ1) is 14.6. The molecule has 0 radical (unpaired) electrons. The van der Waals surface area contributed by atoms with Crippen molar-refractivity contribution in [2.45, 2.75) is 44.4 Å². The smallest absolute Gasteiger partial charge is 0.416 e. The van der Waals surface area contributed by atoms with Crippen LogP contribution in [0.3, 0.4) is 0 Å². The molecule has 2 aromatic carbocycles. The number of rotatable bonds is 6. The number of para-hydroxylation sites is 1. The Morgan fingerprint density at radius 2 is 1.77 bits per heavy atom. The average Bonchev–Trinajstić information content (AvgIpc) is 2.72. The first-order valence-corrected chi connectivity index (χ1v) is 9.99. The highest BCUT2D eigenvalue weighted by atomic mass is 19.4. The number of carbonyl (C=O) groups is 1. The van der Waals surface area contributed by atoms with Crippen molar-refractivity contribution in [3.05, 3.63) is 64.7 Å². The van der Waals surface area contributed by atoms with Gasteiger partial charge in [-0.05, 0) is 55.9 Å². The lowest BCUT2D eigenvalue weighted by Gasteiger charge is -2.29. The van der Waals surface area contributed by atoms with Gasteiger partial charge in [0.15, 0.2) is 11.6 Å². The van der Waals surface area contributed by atoms with E-state index in [1.165, 1.54) is 12.1 Å². The Balaban J connectivity index is 1.46. The number of nitrogens with one attached hydrogen (secondary N) is 2. The molecule has 0 saturated heterocycles. The van der Waals surface area contributed by atoms with Crippen molar-refractivity contribution < 1.29 is 31.9 Å². The van der Waals surface area contributed by atoms with Gasteiger partial charge in [0.2, 0.25) is 0 Å². The summed E-state index contributed by atoms with van der Waals surface area (Å²) >= 11 is 0. The molecule has 0 heterocycles. The zero-order valence-electron chi connectivity index (χ0n) is 16.6. The van der Waals surface area contributed by atoms with E-state index in [0.29, 0.717) is 24.2 Å². The maximum atomic E-state index is 13.5. The number of alkyl halides is 3. The number of amides is 1. The van der Waals surface area contributed by atoms with Crippen molar-refractivity contribution in [2.75, 3.05) is 6.54 Å². The molecule has 0 unspecified atom stereocenters. The Labute approximate surface area is 176 Å². The van der Waals surface area contributed by atoms with Crippen molar-refractivity contribution >= 4 is 5.91 Å². The van der Waals surface area contributed by atoms with Gasteiger partial charge in [0, 0.05) is 30.3 Å². The van der Waals surface area contributed by atoms with Crippen molar-refractivity contribution in [3.8, 4) is 5.75 Å². The second-order valence-electron chi connectivity index (χ2n) is 7.78. The highest BCUT2D eigenvalue weighted by Gasteiger charge is 2.32. The summed E-state index contributed by atoms with van der Waals surface area (Å²) in [5, 5.41) is 15.6. The summed E-state index contributed by atoms with van der Waals surface area (Å²) in [5.41, 5.74) is -1.09. The number of phenols is 1. The summed E-state index contributed by atoms with van der Waals surface area (Å²) in [6, 6.07) is 6.31. The predicted octanol–water partition coefficient (Wildman–Crippen LogP) is 4.77. The third kappa shape index (κ3) is 6.16. The standard InChI is InChI=1S/C22H23F5N2O2/c23-17-9-15(8-16(10-17)22(25,26)27)21(31)29-11-13-4-6-18(7-5-13)28-12-14-2-1-3-19(24)20(14)30/h1-3,8-10,13,18,28,30H,4-7,11-12H2,(H,29,31). The molecule has 4 nitrogen and oxygen atoms in total. The van der Waals surface area contributed by atoms with Gasteiger partial charge in [-0.2, -0.15) is 13.2 Å². The number of carbonyl (C=O) groups excluding carboxylic acids is 1. The normalized spacial score (nSPS) is 19.3. The summed E-state index contributed by atoms with van der Waals surface area (Å²) in [6.07, 6.45) is -1.57. The Morgan fingerprint density at radius 3 is 2.45 bits per heavy atom. The van der Waals surface area contributed by atoms with Crippen LogP contribution in [0.15, 0.2) is 36.4 Å². The topological polar surface area (TPSA) is 61.4 Å². The molecule has 3 rings (SSSR count). The van der Waals surface area contributed by atoms with Gasteiger partial charge in [-0.3, -0.25) is 4.79 Å². The molecule has 1 fully saturated rings. The van der Waals surface area contributed by atoms with Crippen molar-refractivity contribution in [2.24, 2.45) is 5.92 Å². The molecule has 2 aromatic rings. The van der Waals surface area contributed by atoms with Crippen molar-refractivity contribution in [1.29, 1.82) is 0 Å². The molecule has 9 heteroatoms. The molecular formula is C22H23F5N2O2. The Morgan fingerprint density at radius 1 is 1.06 bits per heavy atom. The van der Waals surface area contributed by atoms with Gasteiger partial charge in [0.1, 0.15) is 5.82 Å². The number of hydrogen-bond acceptors (Lipinski definition) is 3. The first-order valence-electron chi connectivity index (χ1n) is 9.99. The zero-order valence-corrected chi connectivity index (χ0v) is 16.6. The fourth-order valence-electron chi connectivity index (χ4n) is 3.75. The molecule has 1 aliphatic rings. The van der Waals surface area contributed by atoms with Crippen LogP contribution < -0.4 is 10.6 Å². The van der Waals surface area contributed by atoms with Gasteiger partial charge >= 0.3 is 6.18 Å². The maximum absolute atomic E-state index is 13.5. The van der Waals surface area contributed by atoms with Crippen molar-refractivity contribution in [1.82, 2.24) is 10.6 Å². The number of benzene rings is 2. The first kappa shape index (κ1) is 23.0.